The Bertz CT molecular complexity index is 266. The second kappa shape index (κ2) is 5.67. The molecule has 0 aromatic rings. The highest BCUT2D eigenvalue weighted by Crippen LogP contribution is 2.29. The van der Waals surface area contributed by atoms with Gasteiger partial charge in [0.2, 0.25) is 0 Å². The Hall–Kier alpha value is 0.170. The summed E-state index contributed by atoms with van der Waals surface area (Å²) in [4.78, 5) is 4.76. The first-order valence-electron chi connectivity index (χ1n) is 6.19. The Kier molecular flexibility index (Phi) is 4.48. The monoisotopic (exact) mass is 258 g/mol. The molecule has 0 aromatic carbocycles. The third-order valence-corrected chi connectivity index (χ3v) is 5.59. The fourth-order valence-corrected chi connectivity index (χ4v) is 4.31. The minimum atomic E-state index is 0.533. The van der Waals surface area contributed by atoms with E-state index in [0.29, 0.717) is 18.0 Å². The largest absolute Gasteiger partial charge is 0.362 e. The van der Waals surface area contributed by atoms with Crippen LogP contribution in [-0.2, 0) is 0 Å². The molecular weight excluding hydrogens is 236 g/mol. The summed E-state index contributed by atoms with van der Waals surface area (Å²) in [5.41, 5.74) is 0. The first kappa shape index (κ1) is 12.6. The van der Waals surface area contributed by atoms with E-state index in [9.17, 15) is 0 Å². The molecule has 1 N–H and O–H groups in total. The van der Waals surface area contributed by atoms with Crippen molar-refractivity contribution in [3.63, 3.8) is 0 Å². The molecule has 1 fully saturated rings. The normalized spacial score (nSPS) is 34.5. The van der Waals surface area contributed by atoms with Crippen LogP contribution in [0.1, 0.15) is 33.1 Å². The molecule has 16 heavy (non-hydrogen) atoms. The second-order valence-corrected chi connectivity index (χ2v) is 7.22. The van der Waals surface area contributed by atoms with E-state index in [1.165, 1.54) is 30.2 Å². The molecule has 2 aliphatic rings. The van der Waals surface area contributed by atoms with Crippen LogP contribution < -0.4 is 5.32 Å². The van der Waals surface area contributed by atoms with Gasteiger partial charge in [0.1, 0.15) is 0 Å². The average Bonchev–Trinajstić information content (AvgIpc) is 2.87. The van der Waals surface area contributed by atoms with Gasteiger partial charge in [0.05, 0.1) is 6.04 Å². The molecule has 1 aliphatic carbocycles. The predicted molar refractivity (Wildman–Crippen MR) is 76.6 cm³/mol. The Balaban J connectivity index is 1.81. The summed E-state index contributed by atoms with van der Waals surface area (Å²) in [6.07, 6.45) is 6.22. The van der Waals surface area contributed by atoms with Gasteiger partial charge in [0.25, 0.3) is 0 Å². The second-order valence-electron chi connectivity index (χ2n) is 5.07. The van der Waals surface area contributed by atoms with Crippen LogP contribution in [0.4, 0.5) is 0 Å². The summed E-state index contributed by atoms with van der Waals surface area (Å²) in [6.45, 7) is 4.52. The molecule has 92 valence electrons. The van der Waals surface area contributed by atoms with Crippen molar-refractivity contribution in [2.45, 2.75) is 50.4 Å². The Morgan fingerprint density at radius 2 is 2.25 bits per heavy atom. The standard InChI is InChI=1S/C12H22N2S2/c1-8(2)11-7-16-12(14-11)13-9-4-5-10(6-9)15-3/h8-11H,4-7H2,1-3H3,(H,13,14). The van der Waals surface area contributed by atoms with Crippen molar-refractivity contribution in [3.05, 3.63) is 0 Å². The van der Waals surface area contributed by atoms with E-state index in [4.69, 9.17) is 4.99 Å². The lowest BCUT2D eigenvalue weighted by atomic mass is 10.1. The number of hydrogen-bond acceptors (Lipinski definition) is 4. The van der Waals surface area contributed by atoms with Crippen LogP contribution in [0.5, 0.6) is 0 Å². The molecule has 0 spiro atoms. The zero-order valence-corrected chi connectivity index (χ0v) is 12.0. The maximum absolute atomic E-state index is 4.76. The van der Waals surface area contributed by atoms with Gasteiger partial charge in [0.15, 0.2) is 5.17 Å². The molecule has 1 aliphatic heterocycles. The Labute approximate surface area is 107 Å². The van der Waals surface area contributed by atoms with Crippen LogP contribution in [0.2, 0.25) is 0 Å². The third kappa shape index (κ3) is 3.10. The van der Waals surface area contributed by atoms with Crippen LogP contribution in [0.25, 0.3) is 0 Å². The lowest BCUT2D eigenvalue weighted by molar-refractivity contribution is 0.540. The number of aliphatic imine (C=N–C) groups is 1. The smallest absolute Gasteiger partial charge is 0.157 e. The van der Waals surface area contributed by atoms with E-state index >= 15 is 0 Å². The quantitative estimate of drug-likeness (QED) is 0.842. The molecule has 3 atom stereocenters. The fraction of sp³-hybridized carbons (Fsp3) is 0.917. The predicted octanol–water partition coefficient (Wildman–Crippen LogP) is 2.99. The molecule has 0 bridgehead atoms. The van der Waals surface area contributed by atoms with Crippen molar-refractivity contribution >= 4 is 28.7 Å². The van der Waals surface area contributed by atoms with Gasteiger partial charge in [-0.25, -0.2) is 0 Å². The van der Waals surface area contributed by atoms with E-state index in [2.05, 4.69) is 25.4 Å². The van der Waals surface area contributed by atoms with Crippen molar-refractivity contribution in [2.24, 2.45) is 10.9 Å². The van der Waals surface area contributed by atoms with Gasteiger partial charge in [-0.05, 0) is 31.4 Å². The molecule has 0 saturated heterocycles. The summed E-state index contributed by atoms with van der Waals surface area (Å²) in [7, 11) is 0. The molecule has 2 nitrogen and oxygen atoms in total. The van der Waals surface area contributed by atoms with Crippen LogP contribution in [0, 0.1) is 5.92 Å². The van der Waals surface area contributed by atoms with Crippen molar-refractivity contribution in [3.8, 4) is 0 Å². The highest BCUT2D eigenvalue weighted by Gasteiger charge is 2.27. The van der Waals surface area contributed by atoms with Crippen molar-refractivity contribution in [1.82, 2.24) is 5.32 Å². The third-order valence-electron chi connectivity index (χ3n) is 3.49. The highest BCUT2D eigenvalue weighted by atomic mass is 32.2. The maximum atomic E-state index is 4.76. The minimum Gasteiger partial charge on any atom is -0.362 e. The van der Waals surface area contributed by atoms with E-state index in [1.807, 2.05) is 23.5 Å². The SMILES string of the molecule is CSC1CCC(NC2=NC(C(C)C)CS2)C1. The van der Waals surface area contributed by atoms with Crippen molar-refractivity contribution < 1.29 is 0 Å². The number of thioether (sulfide) groups is 2. The van der Waals surface area contributed by atoms with E-state index in [-0.39, 0.29) is 0 Å². The minimum absolute atomic E-state index is 0.533. The first-order chi connectivity index (χ1) is 7.69. The lowest BCUT2D eigenvalue weighted by Gasteiger charge is -2.13. The molecule has 4 heteroatoms. The van der Waals surface area contributed by atoms with Gasteiger partial charge in [-0.15, -0.1) is 0 Å². The molecule has 2 rings (SSSR count). The Morgan fingerprint density at radius 3 is 2.81 bits per heavy atom. The zero-order chi connectivity index (χ0) is 11.5. The highest BCUT2D eigenvalue weighted by molar-refractivity contribution is 8.14. The number of nitrogens with zero attached hydrogens (tertiary/aromatic N) is 1. The zero-order valence-electron chi connectivity index (χ0n) is 10.4. The molecular formula is C12H22N2S2. The molecule has 0 amide bonds. The number of amidine groups is 1. The maximum Gasteiger partial charge on any atom is 0.157 e. The molecule has 1 saturated carbocycles. The summed E-state index contributed by atoms with van der Waals surface area (Å²) in [6, 6.07) is 1.21. The summed E-state index contributed by atoms with van der Waals surface area (Å²) in [5.74, 6) is 1.84. The van der Waals surface area contributed by atoms with E-state index in [1.54, 1.807) is 0 Å². The summed E-state index contributed by atoms with van der Waals surface area (Å²) >= 11 is 3.92. The van der Waals surface area contributed by atoms with Crippen LogP contribution in [0.3, 0.4) is 0 Å². The Morgan fingerprint density at radius 1 is 1.44 bits per heavy atom. The summed E-state index contributed by atoms with van der Waals surface area (Å²) in [5, 5.41) is 5.69. The molecule has 0 aromatic heterocycles. The topological polar surface area (TPSA) is 24.4 Å². The fourth-order valence-electron chi connectivity index (χ4n) is 2.27. The summed E-state index contributed by atoms with van der Waals surface area (Å²) < 4.78 is 0. The van der Waals surface area contributed by atoms with Gasteiger partial charge in [-0.2, -0.15) is 11.8 Å². The van der Waals surface area contributed by atoms with Crippen LogP contribution in [0.15, 0.2) is 4.99 Å². The lowest BCUT2D eigenvalue weighted by Crippen LogP contribution is -2.30. The van der Waals surface area contributed by atoms with Gasteiger partial charge in [-0.1, -0.05) is 25.6 Å². The number of hydrogen-bond donors (Lipinski definition) is 1. The van der Waals surface area contributed by atoms with Crippen molar-refractivity contribution in [2.75, 3.05) is 12.0 Å². The molecule has 1 heterocycles. The van der Waals surface area contributed by atoms with Gasteiger partial charge >= 0.3 is 0 Å². The number of nitrogens with one attached hydrogen (secondary N) is 1. The van der Waals surface area contributed by atoms with Gasteiger partial charge in [-0.3, -0.25) is 4.99 Å². The average molecular weight is 258 g/mol. The van der Waals surface area contributed by atoms with Crippen LogP contribution in [-0.4, -0.2) is 34.5 Å². The number of rotatable bonds is 3. The van der Waals surface area contributed by atoms with Gasteiger partial charge in [0, 0.05) is 17.0 Å². The van der Waals surface area contributed by atoms with E-state index < -0.39 is 0 Å². The molecule has 0 radical (unpaired) electrons. The van der Waals surface area contributed by atoms with Crippen molar-refractivity contribution in [1.29, 1.82) is 0 Å². The molecule has 3 unspecified atom stereocenters. The van der Waals surface area contributed by atoms with Gasteiger partial charge < -0.3 is 5.32 Å². The van der Waals surface area contributed by atoms with Crippen LogP contribution >= 0.6 is 23.5 Å². The van der Waals surface area contributed by atoms with E-state index in [0.717, 1.165) is 5.25 Å². The first-order valence-corrected chi connectivity index (χ1v) is 8.46.